The lowest BCUT2D eigenvalue weighted by molar-refractivity contribution is -0.133. The van der Waals surface area contributed by atoms with Gasteiger partial charge in [-0.05, 0) is 12.8 Å². The van der Waals surface area contributed by atoms with Gasteiger partial charge in [-0.15, -0.1) is 0 Å². The monoisotopic (exact) mass is 319 g/mol. The van der Waals surface area contributed by atoms with Gasteiger partial charge in [0.05, 0.1) is 6.04 Å². The first-order chi connectivity index (χ1) is 11.1. The van der Waals surface area contributed by atoms with Crippen molar-refractivity contribution in [2.45, 2.75) is 38.8 Å². The van der Waals surface area contributed by atoms with Crippen LogP contribution in [0.2, 0.25) is 0 Å². The molecule has 0 saturated carbocycles. The highest BCUT2D eigenvalue weighted by atomic mass is 16.5. The summed E-state index contributed by atoms with van der Waals surface area (Å²) in [5, 5.41) is 6.28. The van der Waals surface area contributed by atoms with Crippen molar-refractivity contribution in [2.24, 2.45) is 0 Å². The van der Waals surface area contributed by atoms with Crippen LogP contribution in [0.4, 0.5) is 0 Å². The maximum absolute atomic E-state index is 12.5. The van der Waals surface area contributed by atoms with Crippen LogP contribution in [0.5, 0.6) is 0 Å². The molecule has 0 aliphatic carbocycles. The van der Waals surface area contributed by atoms with Gasteiger partial charge >= 0.3 is 0 Å². The van der Waals surface area contributed by atoms with Crippen LogP contribution in [0.1, 0.15) is 37.5 Å². The number of rotatable bonds is 4. The van der Waals surface area contributed by atoms with Crippen molar-refractivity contribution in [3.63, 3.8) is 0 Å². The number of carbonyl (C=O) groups excluding carboxylic acids is 1. The number of carbonyl (C=O) groups is 1. The highest BCUT2D eigenvalue weighted by molar-refractivity contribution is 5.76. The van der Waals surface area contributed by atoms with Crippen LogP contribution in [-0.4, -0.2) is 37.3 Å². The van der Waals surface area contributed by atoms with Crippen molar-refractivity contribution >= 4 is 5.91 Å². The van der Waals surface area contributed by atoms with Crippen molar-refractivity contribution in [2.75, 3.05) is 6.54 Å². The van der Waals surface area contributed by atoms with E-state index in [-0.39, 0.29) is 18.5 Å². The third kappa shape index (κ3) is 3.08. The van der Waals surface area contributed by atoms with Gasteiger partial charge in [0.2, 0.25) is 11.8 Å². The molecular weight excluding hydrogens is 302 g/mol. The molecule has 122 valence electrons. The smallest absolute Gasteiger partial charge is 0.265 e. The van der Waals surface area contributed by atoms with Gasteiger partial charge in [-0.25, -0.2) is 4.68 Å². The summed E-state index contributed by atoms with van der Waals surface area (Å²) in [4.78, 5) is 41.4. The molecule has 1 unspecified atom stereocenters. The van der Waals surface area contributed by atoms with Gasteiger partial charge in [0.25, 0.3) is 11.1 Å². The fraction of sp³-hybridized carbons (Fsp3) is 0.500. The Morgan fingerprint density at radius 2 is 2.26 bits per heavy atom. The van der Waals surface area contributed by atoms with E-state index >= 15 is 0 Å². The maximum Gasteiger partial charge on any atom is 0.265 e. The molecule has 1 amide bonds. The van der Waals surface area contributed by atoms with Gasteiger partial charge in [0, 0.05) is 25.1 Å². The van der Waals surface area contributed by atoms with Gasteiger partial charge in [-0.3, -0.25) is 19.5 Å². The summed E-state index contributed by atoms with van der Waals surface area (Å²) in [6, 6.07) is 2.02. The van der Waals surface area contributed by atoms with E-state index in [4.69, 9.17) is 4.52 Å². The molecule has 1 fully saturated rings. The van der Waals surface area contributed by atoms with Gasteiger partial charge in [0.1, 0.15) is 6.54 Å². The molecule has 2 aromatic rings. The Bertz CT molecular complexity index is 821. The number of nitrogens with one attached hydrogen (secondary N) is 1. The molecule has 1 aliphatic rings. The van der Waals surface area contributed by atoms with Crippen molar-refractivity contribution in [3.05, 3.63) is 44.6 Å². The number of hydrogen-bond acceptors (Lipinski definition) is 6. The van der Waals surface area contributed by atoms with Gasteiger partial charge < -0.3 is 9.42 Å². The number of nitrogens with zero attached hydrogens (tertiary/aromatic N) is 4. The molecule has 0 aromatic carbocycles. The Kier molecular flexibility index (Phi) is 4.09. The average Bonchev–Trinajstić information content (AvgIpc) is 3.18. The molecule has 1 atom stereocenters. The molecule has 0 radical (unpaired) electrons. The Hall–Kier alpha value is -2.71. The molecule has 2 aromatic heterocycles. The van der Waals surface area contributed by atoms with Crippen molar-refractivity contribution in [1.29, 1.82) is 0 Å². The molecular formula is C14H17N5O4. The molecule has 1 N–H and O–H groups in total. The third-order valence-corrected chi connectivity index (χ3v) is 3.84. The largest absolute Gasteiger partial charge is 0.339 e. The second kappa shape index (κ2) is 6.19. The molecule has 9 heteroatoms. The van der Waals surface area contributed by atoms with E-state index in [9.17, 15) is 14.4 Å². The predicted octanol–water partition coefficient (Wildman–Crippen LogP) is -0.154. The average molecular weight is 319 g/mol. The van der Waals surface area contributed by atoms with Crippen LogP contribution < -0.4 is 11.1 Å². The van der Waals surface area contributed by atoms with Crippen LogP contribution >= 0.6 is 0 Å². The quantitative estimate of drug-likeness (QED) is 0.838. The summed E-state index contributed by atoms with van der Waals surface area (Å²) >= 11 is 0. The lowest BCUT2D eigenvalue weighted by Crippen LogP contribution is -2.38. The molecule has 1 saturated heterocycles. The number of likely N-dealkylation sites (tertiary alicyclic amines) is 1. The van der Waals surface area contributed by atoms with Crippen LogP contribution in [0.3, 0.4) is 0 Å². The standard InChI is InChI=1S/C14H17N5O4/c1-2-11-15-14(17-23-11)9-4-3-7-18(9)13(22)8-19-12(21)6-5-10(20)16-19/h5-6,9H,2-4,7-8H2,1H3,(H,16,20). The number of aromatic amines is 1. The van der Waals surface area contributed by atoms with E-state index in [0.717, 1.165) is 29.7 Å². The number of aryl methyl sites for hydroxylation is 1. The third-order valence-electron chi connectivity index (χ3n) is 3.84. The second-order valence-corrected chi connectivity index (χ2v) is 5.38. The van der Waals surface area contributed by atoms with Crippen molar-refractivity contribution in [1.82, 2.24) is 24.8 Å². The summed E-state index contributed by atoms with van der Waals surface area (Å²) in [6.07, 6.45) is 2.20. The first-order valence-corrected chi connectivity index (χ1v) is 7.50. The molecule has 0 spiro atoms. The zero-order valence-corrected chi connectivity index (χ0v) is 12.7. The SMILES string of the molecule is CCc1nc(C2CCCN2C(=O)Cn2[nH]c(=O)ccc2=O)no1. The van der Waals surface area contributed by atoms with E-state index in [1.165, 1.54) is 0 Å². The van der Waals surface area contributed by atoms with Crippen LogP contribution in [-0.2, 0) is 17.8 Å². The van der Waals surface area contributed by atoms with E-state index < -0.39 is 11.1 Å². The lowest BCUT2D eigenvalue weighted by Gasteiger charge is -2.22. The molecule has 23 heavy (non-hydrogen) atoms. The molecule has 3 heterocycles. The molecule has 3 rings (SSSR count). The second-order valence-electron chi connectivity index (χ2n) is 5.38. The molecule has 9 nitrogen and oxygen atoms in total. The normalized spacial score (nSPS) is 17.6. The minimum atomic E-state index is -0.430. The maximum atomic E-state index is 12.5. The van der Waals surface area contributed by atoms with E-state index in [1.54, 1.807) is 4.90 Å². The number of hydrogen-bond donors (Lipinski definition) is 1. The Labute approximate surface area is 130 Å². The van der Waals surface area contributed by atoms with Gasteiger partial charge in [-0.2, -0.15) is 4.98 Å². The van der Waals surface area contributed by atoms with E-state index in [2.05, 4.69) is 15.2 Å². The van der Waals surface area contributed by atoms with Gasteiger partial charge in [0.15, 0.2) is 5.82 Å². The highest BCUT2D eigenvalue weighted by Gasteiger charge is 2.33. The highest BCUT2D eigenvalue weighted by Crippen LogP contribution is 2.30. The Morgan fingerprint density at radius 3 is 3.00 bits per heavy atom. The summed E-state index contributed by atoms with van der Waals surface area (Å²) < 4.78 is 6.11. The van der Waals surface area contributed by atoms with Crippen molar-refractivity contribution in [3.8, 4) is 0 Å². The lowest BCUT2D eigenvalue weighted by atomic mass is 10.2. The fourth-order valence-electron chi connectivity index (χ4n) is 2.69. The zero-order chi connectivity index (χ0) is 16.4. The van der Waals surface area contributed by atoms with Crippen LogP contribution in [0.25, 0.3) is 0 Å². The van der Waals surface area contributed by atoms with E-state index in [0.29, 0.717) is 24.7 Å². The summed E-state index contributed by atoms with van der Waals surface area (Å²) in [7, 11) is 0. The Morgan fingerprint density at radius 1 is 1.43 bits per heavy atom. The first-order valence-electron chi connectivity index (χ1n) is 7.50. The number of aromatic nitrogens is 4. The first kappa shape index (κ1) is 15.2. The summed E-state index contributed by atoms with van der Waals surface area (Å²) in [5.41, 5.74) is -0.859. The molecule has 1 aliphatic heterocycles. The number of H-pyrrole nitrogens is 1. The summed E-state index contributed by atoms with van der Waals surface area (Å²) in [6.45, 7) is 2.25. The zero-order valence-electron chi connectivity index (χ0n) is 12.7. The van der Waals surface area contributed by atoms with Gasteiger partial charge in [-0.1, -0.05) is 12.1 Å². The van der Waals surface area contributed by atoms with E-state index in [1.807, 2.05) is 6.92 Å². The number of amides is 1. The van der Waals surface area contributed by atoms with Crippen LogP contribution in [0.15, 0.2) is 26.2 Å². The summed E-state index contributed by atoms with van der Waals surface area (Å²) in [5.74, 6) is 0.754. The topological polar surface area (TPSA) is 114 Å². The van der Waals surface area contributed by atoms with Crippen LogP contribution in [0, 0.1) is 0 Å². The van der Waals surface area contributed by atoms with Crippen molar-refractivity contribution < 1.29 is 9.32 Å². The Balaban J connectivity index is 1.79. The molecule has 0 bridgehead atoms. The minimum absolute atomic E-state index is 0.218. The fourth-order valence-corrected chi connectivity index (χ4v) is 2.69. The predicted molar refractivity (Wildman–Crippen MR) is 78.7 cm³/mol. The minimum Gasteiger partial charge on any atom is -0.339 e.